The Hall–Kier alpha value is -4.53. The fraction of sp³-hybridized carbons (Fsp3) is 0. The molecule has 3 N–H and O–H groups in total. The molecule has 3 aromatic rings. The Morgan fingerprint density at radius 3 is 2.17 bits per heavy atom. The minimum Gasteiger partial charge on any atom is -0.478 e. The summed E-state index contributed by atoms with van der Waals surface area (Å²) in [5.41, 5.74) is 0.692. The van der Waals surface area contributed by atoms with E-state index in [1.165, 1.54) is 54.6 Å². The molecule has 0 bridgehead atoms. The van der Waals surface area contributed by atoms with E-state index in [2.05, 4.69) is 10.6 Å². The molecule has 150 valence electrons. The van der Waals surface area contributed by atoms with Crippen molar-refractivity contribution in [2.45, 2.75) is 0 Å². The van der Waals surface area contributed by atoms with Crippen LogP contribution in [-0.4, -0.2) is 27.8 Å². The minimum atomic E-state index is -1.08. The number of rotatable bonds is 6. The third-order valence-electron chi connectivity index (χ3n) is 4.13. The van der Waals surface area contributed by atoms with Crippen LogP contribution in [0.5, 0.6) is 0 Å². The zero-order chi connectivity index (χ0) is 21.7. The summed E-state index contributed by atoms with van der Waals surface area (Å²) >= 11 is 0. The number of para-hydroxylation sites is 1. The Bertz CT molecular complexity index is 1140. The topological polar surface area (TPSA) is 139 Å². The number of nitrogens with zero attached hydrogens (tertiary/aromatic N) is 1. The van der Waals surface area contributed by atoms with Crippen molar-refractivity contribution in [2.24, 2.45) is 0 Å². The predicted octanol–water partition coefficient (Wildman–Crippen LogP) is 3.80. The van der Waals surface area contributed by atoms with Crippen molar-refractivity contribution in [3.8, 4) is 0 Å². The van der Waals surface area contributed by atoms with Crippen LogP contribution in [0.15, 0.2) is 72.8 Å². The first-order valence-electron chi connectivity index (χ1n) is 8.64. The molecule has 3 aromatic carbocycles. The second kappa shape index (κ2) is 8.65. The van der Waals surface area contributed by atoms with Gasteiger partial charge in [-0.1, -0.05) is 18.2 Å². The molecule has 0 saturated carbocycles. The van der Waals surface area contributed by atoms with Crippen LogP contribution in [-0.2, 0) is 0 Å². The Balaban J connectivity index is 1.79. The average molecular weight is 405 g/mol. The summed E-state index contributed by atoms with van der Waals surface area (Å²) in [5.74, 6) is -2.21. The van der Waals surface area contributed by atoms with Crippen LogP contribution in [0.2, 0.25) is 0 Å². The molecule has 0 unspecified atom stereocenters. The molecule has 0 aromatic heterocycles. The van der Waals surface area contributed by atoms with Gasteiger partial charge >= 0.3 is 5.97 Å². The first kappa shape index (κ1) is 20.2. The number of aromatic carboxylic acids is 1. The first-order chi connectivity index (χ1) is 14.3. The van der Waals surface area contributed by atoms with Crippen LogP contribution < -0.4 is 10.6 Å². The maximum Gasteiger partial charge on any atom is 0.335 e. The predicted molar refractivity (Wildman–Crippen MR) is 109 cm³/mol. The van der Waals surface area contributed by atoms with Gasteiger partial charge < -0.3 is 15.7 Å². The molecule has 9 heteroatoms. The standard InChI is InChI=1S/C21H15N3O6/c25-19(14-4-3-5-16(12-14)24(29)30)23-18-7-2-1-6-17(18)20(26)22-15-10-8-13(9-11-15)21(27)28/h1-12H,(H,22,26)(H,23,25)(H,27,28). The van der Waals surface area contributed by atoms with Crippen LogP contribution >= 0.6 is 0 Å². The van der Waals surface area contributed by atoms with Crippen LogP contribution in [0.4, 0.5) is 17.1 Å². The number of benzene rings is 3. The Morgan fingerprint density at radius 2 is 1.50 bits per heavy atom. The molecule has 0 saturated heterocycles. The van der Waals surface area contributed by atoms with E-state index < -0.39 is 22.7 Å². The number of hydrogen-bond acceptors (Lipinski definition) is 5. The van der Waals surface area contributed by atoms with Crippen molar-refractivity contribution in [2.75, 3.05) is 10.6 Å². The van der Waals surface area contributed by atoms with Gasteiger partial charge in [0.1, 0.15) is 0 Å². The Labute approximate surface area is 170 Å². The molecule has 0 spiro atoms. The molecule has 0 aliphatic carbocycles. The number of nitro groups is 1. The molecule has 9 nitrogen and oxygen atoms in total. The molecule has 0 radical (unpaired) electrons. The van der Waals surface area contributed by atoms with Crippen LogP contribution in [0.1, 0.15) is 31.1 Å². The van der Waals surface area contributed by atoms with E-state index in [-0.39, 0.29) is 28.1 Å². The second-order valence-electron chi connectivity index (χ2n) is 6.14. The molecule has 30 heavy (non-hydrogen) atoms. The molecule has 2 amide bonds. The lowest BCUT2D eigenvalue weighted by atomic mass is 10.1. The number of carbonyl (C=O) groups excluding carboxylic acids is 2. The second-order valence-corrected chi connectivity index (χ2v) is 6.14. The van der Waals surface area contributed by atoms with Gasteiger partial charge in [-0.15, -0.1) is 0 Å². The van der Waals surface area contributed by atoms with E-state index in [9.17, 15) is 24.5 Å². The number of carboxylic acid groups (broad SMARTS) is 1. The normalized spacial score (nSPS) is 10.1. The van der Waals surface area contributed by atoms with Gasteiger partial charge in [-0.25, -0.2) is 4.79 Å². The molecule has 0 aliphatic heterocycles. The average Bonchev–Trinajstić information content (AvgIpc) is 2.74. The summed E-state index contributed by atoms with van der Waals surface area (Å²) in [6, 6.07) is 17.1. The number of hydrogen-bond donors (Lipinski definition) is 3. The summed E-state index contributed by atoms with van der Waals surface area (Å²) in [7, 11) is 0. The van der Waals surface area contributed by atoms with Crippen molar-refractivity contribution in [1.82, 2.24) is 0 Å². The van der Waals surface area contributed by atoms with Crippen LogP contribution in [0.25, 0.3) is 0 Å². The number of non-ortho nitro benzene ring substituents is 1. The number of nitro benzene ring substituents is 1. The fourth-order valence-corrected chi connectivity index (χ4v) is 2.64. The SMILES string of the molecule is O=C(O)c1ccc(NC(=O)c2ccccc2NC(=O)c2cccc([N+](=O)[O-])c2)cc1. The number of carbonyl (C=O) groups is 3. The summed E-state index contributed by atoms with van der Waals surface area (Å²) < 4.78 is 0. The molecule has 0 fully saturated rings. The summed E-state index contributed by atoms with van der Waals surface area (Å²) in [5, 5.41) is 25.0. The molecule has 0 heterocycles. The highest BCUT2D eigenvalue weighted by Crippen LogP contribution is 2.20. The van der Waals surface area contributed by atoms with Gasteiger partial charge in [-0.2, -0.15) is 0 Å². The van der Waals surface area contributed by atoms with Gasteiger partial charge in [0.05, 0.1) is 21.7 Å². The van der Waals surface area contributed by atoms with Gasteiger partial charge in [0.25, 0.3) is 17.5 Å². The number of anilines is 2. The monoisotopic (exact) mass is 405 g/mol. The highest BCUT2D eigenvalue weighted by molar-refractivity contribution is 6.12. The van der Waals surface area contributed by atoms with E-state index in [0.29, 0.717) is 5.69 Å². The van der Waals surface area contributed by atoms with Gasteiger partial charge in [-0.3, -0.25) is 19.7 Å². The molecule has 0 aliphatic rings. The zero-order valence-corrected chi connectivity index (χ0v) is 15.4. The lowest BCUT2D eigenvalue weighted by Crippen LogP contribution is -2.18. The highest BCUT2D eigenvalue weighted by Gasteiger charge is 2.16. The third-order valence-corrected chi connectivity index (χ3v) is 4.13. The van der Waals surface area contributed by atoms with Gasteiger partial charge in [0, 0.05) is 23.4 Å². The van der Waals surface area contributed by atoms with Crippen molar-refractivity contribution >= 4 is 34.8 Å². The molecular weight excluding hydrogens is 390 g/mol. The van der Waals surface area contributed by atoms with Crippen LogP contribution in [0, 0.1) is 10.1 Å². The van der Waals surface area contributed by atoms with Crippen molar-refractivity contribution < 1.29 is 24.4 Å². The van der Waals surface area contributed by atoms with Gasteiger partial charge in [0.2, 0.25) is 0 Å². The van der Waals surface area contributed by atoms with E-state index >= 15 is 0 Å². The molecular formula is C21H15N3O6. The van der Waals surface area contributed by atoms with Crippen molar-refractivity contribution in [1.29, 1.82) is 0 Å². The number of carboxylic acids is 1. The fourth-order valence-electron chi connectivity index (χ4n) is 2.64. The largest absolute Gasteiger partial charge is 0.478 e. The third kappa shape index (κ3) is 4.65. The van der Waals surface area contributed by atoms with E-state index in [4.69, 9.17) is 5.11 Å². The number of nitrogens with one attached hydrogen (secondary N) is 2. The summed E-state index contributed by atoms with van der Waals surface area (Å²) in [6.45, 7) is 0. The minimum absolute atomic E-state index is 0.0728. The number of amides is 2. The smallest absolute Gasteiger partial charge is 0.335 e. The van der Waals surface area contributed by atoms with E-state index in [0.717, 1.165) is 6.07 Å². The summed E-state index contributed by atoms with van der Waals surface area (Å²) in [4.78, 5) is 46.4. The highest BCUT2D eigenvalue weighted by atomic mass is 16.6. The molecule has 3 rings (SSSR count). The van der Waals surface area contributed by atoms with Gasteiger partial charge in [0.15, 0.2) is 0 Å². The molecule has 0 atom stereocenters. The van der Waals surface area contributed by atoms with Crippen LogP contribution in [0.3, 0.4) is 0 Å². The van der Waals surface area contributed by atoms with E-state index in [1.54, 1.807) is 12.1 Å². The van der Waals surface area contributed by atoms with Gasteiger partial charge in [-0.05, 0) is 42.5 Å². The zero-order valence-electron chi connectivity index (χ0n) is 15.4. The van der Waals surface area contributed by atoms with Crippen molar-refractivity contribution in [3.05, 3.63) is 99.6 Å². The lowest BCUT2D eigenvalue weighted by Gasteiger charge is -2.12. The van der Waals surface area contributed by atoms with E-state index in [1.807, 2.05) is 0 Å². The maximum absolute atomic E-state index is 12.6. The lowest BCUT2D eigenvalue weighted by molar-refractivity contribution is -0.384. The maximum atomic E-state index is 12.6. The quantitative estimate of drug-likeness (QED) is 0.421. The first-order valence-corrected chi connectivity index (χ1v) is 8.64. The Kier molecular flexibility index (Phi) is 5.83. The summed E-state index contributed by atoms with van der Waals surface area (Å²) in [6.07, 6.45) is 0. The van der Waals surface area contributed by atoms with Crippen molar-refractivity contribution in [3.63, 3.8) is 0 Å². The Morgan fingerprint density at radius 1 is 0.800 bits per heavy atom.